The van der Waals surface area contributed by atoms with Crippen LogP contribution in [0.5, 0.6) is 0 Å². The minimum atomic E-state index is -3.10. The maximum absolute atomic E-state index is 12.1. The van der Waals surface area contributed by atoms with Gasteiger partial charge < -0.3 is 10.6 Å². The molecule has 1 unspecified atom stereocenters. The third-order valence-corrected chi connectivity index (χ3v) is 4.54. The largest absolute Gasteiger partial charge is 0.340 e. The Balaban J connectivity index is 0.00000484. The number of benzene rings is 1. The molecule has 0 aliphatic rings. The summed E-state index contributed by atoms with van der Waals surface area (Å²) in [6, 6.07) is 7.33. The zero-order chi connectivity index (χ0) is 16.9. The van der Waals surface area contributed by atoms with Crippen LogP contribution in [-0.2, 0) is 21.2 Å². The summed E-state index contributed by atoms with van der Waals surface area (Å²) >= 11 is 0. The van der Waals surface area contributed by atoms with E-state index in [-0.39, 0.29) is 30.5 Å². The highest BCUT2D eigenvalue weighted by atomic mass is 35.5. The van der Waals surface area contributed by atoms with Crippen molar-refractivity contribution in [1.29, 1.82) is 0 Å². The second-order valence-corrected chi connectivity index (χ2v) is 8.38. The van der Waals surface area contributed by atoms with Gasteiger partial charge in [-0.05, 0) is 23.5 Å². The van der Waals surface area contributed by atoms with Crippen LogP contribution >= 0.6 is 12.4 Å². The Hall–Kier alpha value is -1.11. The number of sulfone groups is 1. The number of nitrogens with zero attached hydrogens (tertiary/aromatic N) is 1. The van der Waals surface area contributed by atoms with Crippen molar-refractivity contribution in [2.75, 3.05) is 19.1 Å². The van der Waals surface area contributed by atoms with Crippen molar-refractivity contribution in [2.24, 2.45) is 5.73 Å². The molecule has 5 nitrogen and oxygen atoms in total. The quantitative estimate of drug-likeness (QED) is 0.803. The van der Waals surface area contributed by atoms with Crippen LogP contribution in [0, 0.1) is 0 Å². The van der Waals surface area contributed by atoms with Crippen LogP contribution in [0.2, 0.25) is 0 Å². The molecule has 132 valence electrons. The van der Waals surface area contributed by atoms with Crippen LogP contribution in [0.4, 0.5) is 0 Å². The van der Waals surface area contributed by atoms with Gasteiger partial charge in [0.2, 0.25) is 5.91 Å². The number of hydrogen-bond donors (Lipinski definition) is 1. The zero-order valence-corrected chi connectivity index (χ0v) is 15.8. The third-order valence-electron chi connectivity index (χ3n) is 3.56. The first-order valence-electron chi connectivity index (χ1n) is 7.37. The van der Waals surface area contributed by atoms with E-state index < -0.39 is 15.9 Å². The predicted molar refractivity (Wildman–Crippen MR) is 96.6 cm³/mol. The molecule has 1 amide bonds. The van der Waals surface area contributed by atoms with Gasteiger partial charge in [0.05, 0.1) is 11.8 Å². The summed E-state index contributed by atoms with van der Waals surface area (Å²) in [7, 11) is -1.42. The lowest BCUT2D eigenvalue weighted by Gasteiger charge is -2.21. The molecule has 0 fully saturated rings. The molecule has 23 heavy (non-hydrogen) atoms. The number of nitrogens with two attached hydrogens (primary N) is 1. The number of hydrogen-bond acceptors (Lipinski definition) is 4. The van der Waals surface area contributed by atoms with Gasteiger partial charge in [0, 0.05) is 19.8 Å². The van der Waals surface area contributed by atoms with Gasteiger partial charge in [0.25, 0.3) is 0 Å². The molecule has 7 heteroatoms. The van der Waals surface area contributed by atoms with Gasteiger partial charge in [-0.3, -0.25) is 4.79 Å². The van der Waals surface area contributed by atoms with Gasteiger partial charge in [-0.1, -0.05) is 38.1 Å². The maximum Gasteiger partial charge on any atom is 0.239 e. The average Bonchev–Trinajstić information content (AvgIpc) is 2.43. The summed E-state index contributed by atoms with van der Waals surface area (Å²) in [5, 5.41) is 0. The average molecular weight is 363 g/mol. The number of amides is 1. The normalized spacial score (nSPS) is 12.6. The summed E-state index contributed by atoms with van der Waals surface area (Å²) in [5.74, 6) is 0.158. The van der Waals surface area contributed by atoms with Crippen molar-refractivity contribution in [1.82, 2.24) is 4.90 Å². The van der Waals surface area contributed by atoms with Crippen LogP contribution in [0.1, 0.15) is 37.3 Å². The molecule has 0 aromatic heterocycles. The monoisotopic (exact) mass is 362 g/mol. The topological polar surface area (TPSA) is 80.5 Å². The molecule has 1 rings (SSSR count). The fourth-order valence-corrected chi connectivity index (χ4v) is 2.79. The Bertz CT molecular complexity index is 600. The first-order valence-corrected chi connectivity index (χ1v) is 9.43. The van der Waals surface area contributed by atoms with E-state index in [0.29, 0.717) is 12.5 Å². The molecule has 0 aliphatic heterocycles. The van der Waals surface area contributed by atoms with Crippen molar-refractivity contribution in [2.45, 2.75) is 38.8 Å². The first kappa shape index (κ1) is 21.9. The predicted octanol–water partition coefficient (Wildman–Crippen LogP) is 1.95. The smallest absolute Gasteiger partial charge is 0.239 e. The minimum absolute atomic E-state index is 0. The molecule has 0 radical (unpaired) electrons. The Morgan fingerprint density at radius 2 is 1.74 bits per heavy atom. The second kappa shape index (κ2) is 9.25. The van der Waals surface area contributed by atoms with Gasteiger partial charge in [0.15, 0.2) is 0 Å². The number of carbonyl (C=O) groups excluding carboxylic acids is 1. The van der Waals surface area contributed by atoms with Gasteiger partial charge in [-0.2, -0.15) is 0 Å². The summed E-state index contributed by atoms with van der Waals surface area (Å²) in [6.45, 7) is 4.72. The summed E-state index contributed by atoms with van der Waals surface area (Å²) in [6.07, 6.45) is 1.29. The highest BCUT2D eigenvalue weighted by Crippen LogP contribution is 2.15. The highest BCUT2D eigenvalue weighted by Gasteiger charge is 2.19. The molecule has 0 heterocycles. The maximum atomic E-state index is 12.1. The molecule has 1 atom stereocenters. The van der Waals surface area contributed by atoms with Crippen LogP contribution in [0.15, 0.2) is 24.3 Å². The standard InChI is InChI=1S/C16H26N2O3S.ClH/c1-12(2)14-7-5-13(6-8-14)11-18(3)16(19)15(17)9-10-22(4,20)21;/h5-8,12,15H,9-11,17H2,1-4H3;1H. The lowest BCUT2D eigenvalue weighted by atomic mass is 10.0. The van der Waals surface area contributed by atoms with Gasteiger partial charge in [0.1, 0.15) is 9.84 Å². The van der Waals surface area contributed by atoms with Crippen molar-refractivity contribution >= 4 is 28.2 Å². The van der Waals surface area contributed by atoms with E-state index in [4.69, 9.17) is 5.73 Å². The van der Waals surface area contributed by atoms with Crippen LogP contribution in [0.25, 0.3) is 0 Å². The number of likely N-dealkylation sites (N-methyl/N-ethyl adjacent to an activating group) is 1. The molecule has 1 aromatic carbocycles. The molecule has 0 spiro atoms. The number of carbonyl (C=O) groups is 1. The van der Waals surface area contributed by atoms with E-state index in [9.17, 15) is 13.2 Å². The van der Waals surface area contributed by atoms with Crippen molar-refractivity contribution in [3.8, 4) is 0 Å². The van der Waals surface area contributed by atoms with E-state index in [2.05, 4.69) is 26.0 Å². The fourth-order valence-electron chi connectivity index (χ4n) is 2.11. The van der Waals surface area contributed by atoms with E-state index in [1.54, 1.807) is 7.05 Å². The van der Waals surface area contributed by atoms with Crippen LogP contribution in [-0.4, -0.2) is 44.3 Å². The van der Waals surface area contributed by atoms with E-state index in [0.717, 1.165) is 11.8 Å². The molecular weight excluding hydrogens is 336 g/mol. The fraction of sp³-hybridized carbons (Fsp3) is 0.562. The summed E-state index contributed by atoms with van der Waals surface area (Å²) in [4.78, 5) is 13.7. The molecule has 0 bridgehead atoms. The van der Waals surface area contributed by atoms with Gasteiger partial charge >= 0.3 is 0 Å². The summed E-state index contributed by atoms with van der Waals surface area (Å²) < 4.78 is 22.3. The zero-order valence-electron chi connectivity index (χ0n) is 14.2. The van der Waals surface area contributed by atoms with Crippen molar-refractivity contribution < 1.29 is 13.2 Å². The Morgan fingerprint density at radius 1 is 1.22 bits per heavy atom. The van der Waals surface area contributed by atoms with Crippen molar-refractivity contribution in [3.63, 3.8) is 0 Å². The minimum Gasteiger partial charge on any atom is -0.340 e. The van der Waals surface area contributed by atoms with Gasteiger partial charge in [-0.25, -0.2) is 8.42 Å². The van der Waals surface area contributed by atoms with E-state index in [1.807, 2.05) is 12.1 Å². The number of halogens is 1. The molecular formula is C16H27ClN2O3S. The Labute approximate surface area is 145 Å². The number of rotatable bonds is 7. The van der Waals surface area contributed by atoms with Crippen LogP contribution < -0.4 is 5.73 Å². The van der Waals surface area contributed by atoms with Gasteiger partial charge in [-0.15, -0.1) is 12.4 Å². The van der Waals surface area contributed by atoms with E-state index >= 15 is 0 Å². The Kier molecular flexibility index (Phi) is 8.80. The molecule has 2 N–H and O–H groups in total. The van der Waals surface area contributed by atoms with Crippen LogP contribution in [0.3, 0.4) is 0 Å². The third kappa shape index (κ3) is 7.81. The molecule has 0 saturated heterocycles. The first-order chi connectivity index (χ1) is 10.1. The van der Waals surface area contributed by atoms with Crippen molar-refractivity contribution in [3.05, 3.63) is 35.4 Å². The molecule has 0 aliphatic carbocycles. The lowest BCUT2D eigenvalue weighted by Crippen LogP contribution is -2.42. The summed E-state index contributed by atoms with van der Waals surface area (Å²) in [5.41, 5.74) is 8.06. The highest BCUT2D eigenvalue weighted by molar-refractivity contribution is 7.90. The van der Waals surface area contributed by atoms with E-state index in [1.165, 1.54) is 10.5 Å². The molecule has 0 saturated carbocycles. The Morgan fingerprint density at radius 3 is 2.17 bits per heavy atom. The molecule has 1 aromatic rings. The lowest BCUT2D eigenvalue weighted by molar-refractivity contribution is -0.131. The second-order valence-electron chi connectivity index (χ2n) is 6.12. The SMILES string of the molecule is CC(C)c1ccc(CN(C)C(=O)C(N)CCS(C)(=O)=O)cc1.Cl.